The number of rotatable bonds is 17. The molecule has 1 aromatic rings. The smallest absolute Gasteiger partial charge is 0.410 e. The van der Waals surface area contributed by atoms with Crippen LogP contribution in [-0.4, -0.2) is 81.7 Å². The van der Waals surface area contributed by atoms with E-state index in [0.29, 0.717) is 36.8 Å². The maximum Gasteiger partial charge on any atom is 0.410 e. The second-order valence-electron chi connectivity index (χ2n) is 15.2. The van der Waals surface area contributed by atoms with Gasteiger partial charge >= 0.3 is 18.2 Å². The van der Waals surface area contributed by atoms with Crippen LogP contribution in [0.4, 0.5) is 14.0 Å². The summed E-state index contributed by atoms with van der Waals surface area (Å²) in [6.07, 6.45) is 6.39. The van der Waals surface area contributed by atoms with Crippen molar-refractivity contribution in [1.82, 2.24) is 20.4 Å². The van der Waals surface area contributed by atoms with Crippen molar-refractivity contribution >= 4 is 30.0 Å². The fourth-order valence-electron chi connectivity index (χ4n) is 7.30. The number of allylic oxidation sites excluding steroid dienone is 1. The lowest BCUT2D eigenvalue weighted by molar-refractivity contribution is -0.150. The first-order chi connectivity index (χ1) is 25.2. The molecule has 4 amide bonds. The number of hydrogen-bond donors (Lipinski definition) is 2. The number of likely N-dealkylation sites (tertiary alicyclic amines) is 1. The molecule has 13 heteroatoms. The standard InChI is InChI=1S/C40H57FN4O8/c1-8-12-14-15-16-20-30(42-37(49)53-39(5,6)7)35(47)45-31(21-13-9-2)33(52-38(50)44-24-26-18-17-19-29(41)28(26)25-44)22-32(45)34(46)43-40(23-27(40)10-3)36(48)51-11-4/h8,10,17-19,27,30-33H,1,3,9,11-16,20-25H2,2,4-7H3,(H,42,49)(H,43,46)/t27?,30-,31-,32-,33+,40+/m0/s1. The van der Waals surface area contributed by atoms with Gasteiger partial charge in [0.05, 0.1) is 19.2 Å². The minimum Gasteiger partial charge on any atom is -0.464 e. The molecule has 53 heavy (non-hydrogen) atoms. The fraction of sp³-hybridized carbons (Fsp3) is 0.625. The van der Waals surface area contributed by atoms with Crippen molar-refractivity contribution in [3.8, 4) is 0 Å². The monoisotopic (exact) mass is 740 g/mol. The summed E-state index contributed by atoms with van der Waals surface area (Å²) >= 11 is 0. The normalized spacial score (nSPS) is 23.7. The highest BCUT2D eigenvalue weighted by molar-refractivity contribution is 5.97. The summed E-state index contributed by atoms with van der Waals surface area (Å²) in [6, 6.07) is 1.75. The van der Waals surface area contributed by atoms with Crippen LogP contribution in [0.1, 0.15) is 110 Å². The quantitative estimate of drug-likeness (QED) is 0.0802. The third-order valence-electron chi connectivity index (χ3n) is 10.1. The highest BCUT2D eigenvalue weighted by Gasteiger charge is 2.62. The number of halogens is 1. The first-order valence-electron chi connectivity index (χ1n) is 19.0. The Morgan fingerprint density at radius 3 is 2.45 bits per heavy atom. The average molecular weight is 741 g/mol. The molecule has 0 spiro atoms. The van der Waals surface area contributed by atoms with E-state index in [1.165, 1.54) is 15.9 Å². The highest BCUT2D eigenvalue weighted by atomic mass is 19.1. The molecule has 1 aliphatic carbocycles. The molecule has 2 fully saturated rings. The van der Waals surface area contributed by atoms with Gasteiger partial charge in [0.1, 0.15) is 35.1 Å². The second-order valence-corrected chi connectivity index (χ2v) is 15.2. The van der Waals surface area contributed by atoms with Crippen molar-refractivity contribution in [3.05, 3.63) is 60.5 Å². The van der Waals surface area contributed by atoms with E-state index in [1.807, 2.05) is 13.0 Å². The Hall–Kier alpha value is -4.42. The largest absolute Gasteiger partial charge is 0.464 e. The molecule has 0 radical (unpaired) electrons. The Labute approximate surface area is 312 Å². The van der Waals surface area contributed by atoms with E-state index in [9.17, 15) is 28.4 Å². The molecule has 0 aromatic heterocycles. The molecule has 1 aromatic carbocycles. The Bertz CT molecular complexity index is 1530. The van der Waals surface area contributed by atoms with Gasteiger partial charge in [0, 0.05) is 24.4 Å². The lowest BCUT2D eigenvalue weighted by Gasteiger charge is -2.35. The number of carbonyl (C=O) groups excluding carboxylic acids is 5. The number of unbranched alkanes of at least 4 members (excludes halogenated alkanes) is 4. The number of carbonyl (C=O) groups is 5. The number of ether oxygens (including phenoxy) is 3. The Balaban J connectivity index is 1.68. The molecule has 2 heterocycles. The summed E-state index contributed by atoms with van der Waals surface area (Å²) < 4.78 is 31.5. The number of benzene rings is 1. The van der Waals surface area contributed by atoms with E-state index >= 15 is 0 Å². The maximum atomic E-state index is 14.8. The molecule has 4 rings (SSSR count). The molecule has 1 saturated heterocycles. The summed E-state index contributed by atoms with van der Waals surface area (Å²) in [5.41, 5.74) is -1.06. The number of nitrogens with one attached hydrogen (secondary N) is 2. The molecule has 2 aliphatic heterocycles. The van der Waals surface area contributed by atoms with E-state index in [1.54, 1.807) is 45.9 Å². The van der Waals surface area contributed by atoms with Gasteiger partial charge in [-0.05, 0) is 71.4 Å². The van der Waals surface area contributed by atoms with Gasteiger partial charge in [-0.15, -0.1) is 13.2 Å². The summed E-state index contributed by atoms with van der Waals surface area (Å²) in [5.74, 6) is -2.49. The molecule has 292 valence electrons. The topological polar surface area (TPSA) is 144 Å². The summed E-state index contributed by atoms with van der Waals surface area (Å²) in [5, 5.41) is 5.65. The number of hydrogen-bond acceptors (Lipinski definition) is 8. The van der Waals surface area contributed by atoms with E-state index < -0.39 is 71.2 Å². The van der Waals surface area contributed by atoms with Crippen LogP contribution in [0.25, 0.3) is 0 Å². The van der Waals surface area contributed by atoms with E-state index in [0.717, 1.165) is 25.7 Å². The Morgan fingerprint density at radius 1 is 1.08 bits per heavy atom. The van der Waals surface area contributed by atoms with Gasteiger partial charge in [-0.25, -0.2) is 18.8 Å². The number of nitrogens with zero attached hydrogens (tertiary/aromatic N) is 2. The molecule has 1 unspecified atom stereocenters. The number of amides is 4. The van der Waals surface area contributed by atoms with Gasteiger partial charge in [0.15, 0.2) is 0 Å². The average Bonchev–Trinajstić information content (AvgIpc) is 3.43. The molecule has 3 aliphatic rings. The maximum absolute atomic E-state index is 14.8. The SMILES string of the molecule is C=CCCCCC[C@H](NC(=O)OC(C)(C)C)C(=O)N1[C@H](C(=O)N[C@]2(C(=O)OCC)CC2C=C)C[C@@H](OC(=O)N2Cc3cccc(F)c3C2)[C@@H]1CCCC. The van der Waals surface area contributed by atoms with Gasteiger partial charge in [0.25, 0.3) is 0 Å². The minimum atomic E-state index is -1.33. The molecule has 0 bridgehead atoms. The highest BCUT2D eigenvalue weighted by Crippen LogP contribution is 2.46. The van der Waals surface area contributed by atoms with Crippen molar-refractivity contribution in [2.75, 3.05) is 6.61 Å². The lowest BCUT2D eigenvalue weighted by Crippen LogP contribution is -2.58. The van der Waals surface area contributed by atoms with Crippen LogP contribution in [0.2, 0.25) is 0 Å². The zero-order chi connectivity index (χ0) is 38.9. The van der Waals surface area contributed by atoms with Gasteiger partial charge in [-0.2, -0.15) is 0 Å². The predicted octanol–water partition coefficient (Wildman–Crippen LogP) is 6.46. The van der Waals surface area contributed by atoms with Gasteiger partial charge < -0.3 is 29.7 Å². The van der Waals surface area contributed by atoms with Crippen molar-refractivity contribution in [1.29, 1.82) is 0 Å². The van der Waals surface area contributed by atoms with Crippen LogP contribution in [-0.2, 0) is 41.7 Å². The van der Waals surface area contributed by atoms with Crippen molar-refractivity contribution < 1.29 is 42.6 Å². The number of esters is 1. The third-order valence-corrected chi connectivity index (χ3v) is 10.1. The van der Waals surface area contributed by atoms with E-state index in [4.69, 9.17) is 14.2 Å². The lowest BCUT2D eigenvalue weighted by atomic mass is 10.0. The third kappa shape index (κ3) is 10.2. The molecule has 6 atom stereocenters. The van der Waals surface area contributed by atoms with Crippen molar-refractivity contribution in [3.63, 3.8) is 0 Å². The summed E-state index contributed by atoms with van der Waals surface area (Å²) in [4.78, 5) is 72.0. The molecule has 1 saturated carbocycles. The minimum absolute atomic E-state index is 0.0263. The first-order valence-corrected chi connectivity index (χ1v) is 19.0. The van der Waals surface area contributed by atoms with Gasteiger partial charge in [-0.1, -0.05) is 56.9 Å². The van der Waals surface area contributed by atoms with Crippen LogP contribution in [0.15, 0.2) is 43.5 Å². The van der Waals surface area contributed by atoms with Crippen molar-refractivity contribution in [2.45, 2.75) is 147 Å². The number of alkyl carbamates (subject to hydrolysis) is 1. The molecule has 12 nitrogen and oxygen atoms in total. The van der Waals surface area contributed by atoms with Crippen molar-refractivity contribution in [2.24, 2.45) is 5.92 Å². The zero-order valence-electron chi connectivity index (χ0n) is 31.9. The molecular weight excluding hydrogens is 683 g/mol. The first kappa shape index (κ1) is 41.3. The van der Waals surface area contributed by atoms with Crippen LogP contribution in [0, 0.1) is 11.7 Å². The fourth-order valence-corrected chi connectivity index (χ4v) is 7.30. The zero-order valence-corrected chi connectivity index (χ0v) is 31.9. The Kier molecular flexibility index (Phi) is 14.1. The summed E-state index contributed by atoms with van der Waals surface area (Å²) in [6.45, 7) is 16.7. The van der Waals surface area contributed by atoms with Gasteiger partial charge in [-0.3, -0.25) is 14.5 Å². The predicted molar refractivity (Wildman–Crippen MR) is 197 cm³/mol. The van der Waals surface area contributed by atoms with Crippen LogP contribution in [0.3, 0.4) is 0 Å². The van der Waals surface area contributed by atoms with Crippen LogP contribution >= 0.6 is 0 Å². The van der Waals surface area contributed by atoms with Crippen LogP contribution < -0.4 is 10.6 Å². The molecule has 2 N–H and O–H groups in total. The van der Waals surface area contributed by atoms with Gasteiger partial charge in [0.2, 0.25) is 11.8 Å². The Morgan fingerprint density at radius 2 is 1.83 bits per heavy atom. The molecular formula is C40H57FN4O8. The second kappa shape index (κ2) is 18.1. The summed E-state index contributed by atoms with van der Waals surface area (Å²) in [7, 11) is 0. The number of fused-ring (bicyclic) bond motifs is 1. The van der Waals surface area contributed by atoms with Crippen LogP contribution in [0.5, 0.6) is 0 Å². The van der Waals surface area contributed by atoms with E-state index in [2.05, 4.69) is 23.8 Å². The van der Waals surface area contributed by atoms with E-state index in [-0.39, 0.29) is 38.5 Å².